The van der Waals surface area contributed by atoms with Gasteiger partial charge in [0.15, 0.2) is 18.1 Å². The zero-order valence-electron chi connectivity index (χ0n) is 42.6. The van der Waals surface area contributed by atoms with Crippen LogP contribution in [0.5, 0.6) is 11.5 Å². The second kappa shape index (κ2) is 25.3. The van der Waals surface area contributed by atoms with Crippen molar-refractivity contribution in [3.05, 3.63) is 83.4 Å². The molecule has 3 heterocycles. The molecule has 0 spiro atoms. The Morgan fingerprint density at radius 2 is 1.40 bits per heavy atom. The molecule has 3 aliphatic heterocycles. The van der Waals surface area contributed by atoms with E-state index in [2.05, 4.69) is 26.6 Å². The first-order valence-corrected chi connectivity index (χ1v) is 25.4. The summed E-state index contributed by atoms with van der Waals surface area (Å²) in [7, 11) is 0. The summed E-state index contributed by atoms with van der Waals surface area (Å²) in [5.74, 6) is -10.2. The third-order valence-corrected chi connectivity index (χ3v) is 14.4. The van der Waals surface area contributed by atoms with Crippen LogP contribution in [0.1, 0.15) is 55.7 Å². The van der Waals surface area contributed by atoms with E-state index in [0.717, 1.165) is 51.1 Å². The van der Waals surface area contributed by atoms with Crippen LogP contribution in [-0.4, -0.2) is 210 Å². The summed E-state index contributed by atoms with van der Waals surface area (Å²) in [4.78, 5) is 112. The summed E-state index contributed by atoms with van der Waals surface area (Å²) in [6.07, 6.45) is -13.1. The van der Waals surface area contributed by atoms with Crippen LogP contribution in [0.3, 0.4) is 0 Å². The van der Waals surface area contributed by atoms with E-state index < -0.39 is 177 Å². The number of carbonyl (C=O) groups excluding carboxylic acids is 7. The van der Waals surface area contributed by atoms with Gasteiger partial charge in [0, 0.05) is 50.9 Å². The molecule has 4 aliphatic rings. The monoisotopic (exact) mass is 1090 g/mol. The molecule has 7 amide bonds. The van der Waals surface area contributed by atoms with Crippen LogP contribution in [0.15, 0.2) is 66.7 Å². The Labute approximate surface area is 446 Å². The molecule has 0 saturated carbocycles. The number of benzene rings is 3. The Bertz CT molecular complexity index is 2680. The molecule has 3 fully saturated rings. The number of alkyl carbamates (subject to hydrolysis) is 1. The number of hydrogen-bond acceptors (Lipinski definition) is 18. The molecule has 1 unspecified atom stereocenters. The molecule has 26 heteroatoms. The minimum absolute atomic E-state index is 0.0690. The molecule has 3 aromatic carbocycles. The minimum atomic E-state index is -2.14. The van der Waals surface area contributed by atoms with Gasteiger partial charge in [-0.3, -0.25) is 28.8 Å². The number of nitrogens with one attached hydrogen (secondary N) is 5. The normalized spacial score (nSPS) is 27.6. The number of carboxylic acid groups (broad SMARTS) is 1. The van der Waals surface area contributed by atoms with E-state index >= 15 is 0 Å². The number of nitrogens with two attached hydrogens (primary N) is 1. The van der Waals surface area contributed by atoms with Crippen molar-refractivity contribution in [2.24, 2.45) is 11.7 Å². The first kappa shape index (κ1) is 58.2. The molecule has 0 radical (unpaired) electrons. The SMILES string of the molecule is C[C@@H](O)[C@@H]1NC(=O)C(N)C[C@@H](O)CNC(=O)[C@@H]2[C@@H](O)[C@@H](C)CN2C(=O)[C@H]([C@H](O)CCNC(=O)OCC2c3ccccc3-c3ccccc32)NC(=O)[C@H]([C@H](O)Cc2ccc(O)c(OCC(=O)O)c2)NC(=O)[C@@H]2C[C@@H](O)CN2C1=O. The number of β-amino-alcohol motifs (C(OH)–C–C–N with tert-alkyl or cyclic N) is 1. The topological polar surface area (TPSA) is 410 Å². The second-order valence-corrected chi connectivity index (χ2v) is 20.1. The van der Waals surface area contributed by atoms with Gasteiger partial charge in [0.05, 0.1) is 42.7 Å². The lowest BCUT2D eigenvalue weighted by Gasteiger charge is -2.34. The average Bonchev–Trinajstić information content (AvgIpc) is 4.12. The molecule has 3 saturated heterocycles. The van der Waals surface area contributed by atoms with Crippen LogP contribution in [0.25, 0.3) is 11.1 Å². The first-order chi connectivity index (χ1) is 37.0. The fourth-order valence-electron chi connectivity index (χ4n) is 10.3. The van der Waals surface area contributed by atoms with E-state index in [9.17, 15) is 74.1 Å². The summed E-state index contributed by atoms with van der Waals surface area (Å²) >= 11 is 0. The lowest BCUT2D eigenvalue weighted by molar-refractivity contribution is -0.147. The molecule has 1 aliphatic carbocycles. The predicted molar refractivity (Wildman–Crippen MR) is 271 cm³/mol. The average molecular weight is 1090 g/mol. The fraction of sp³-hybridized carbons (Fsp3) is 0.500. The smallest absolute Gasteiger partial charge is 0.407 e. The van der Waals surface area contributed by atoms with E-state index in [4.69, 9.17) is 20.3 Å². The second-order valence-electron chi connectivity index (χ2n) is 20.1. The number of phenolic OH excluding ortho intramolecular Hbond substituents is 1. The number of aliphatic carboxylic acids is 1. The predicted octanol–water partition coefficient (Wildman–Crippen LogP) is -3.74. The van der Waals surface area contributed by atoms with Gasteiger partial charge in [-0.05, 0) is 59.7 Å². The molecule has 26 nitrogen and oxygen atoms in total. The summed E-state index contributed by atoms with van der Waals surface area (Å²) in [6, 6.07) is 7.87. The number of aromatic hydroxyl groups is 1. The number of nitrogens with zero attached hydrogens (tertiary/aromatic N) is 2. The first-order valence-electron chi connectivity index (χ1n) is 25.4. The van der Waals surface area contributed by atoms with E-state index in [1.54, 1.807) is 0 Å². The zero-order chi connectivity index (χ0) is 56.7. The molecule has 0 aromatic heterocycles. The molecule has 3 aromatic rings. The Morgan fingerprint density at radius 1 is 0.769 bits per heavy atom. The quantitative estimate of drug-likeness (QED) is 0.0782. The van der Waals surface area contributed by atoms with Crippen molar-refractivity contribution in [1.29, 1.82) is 0 Å². The van der Waals surface area contributed by atoms with E-state index in [0.29, 0.717) is 0 Å². The van der Waals surface area contributed by atoms with Gasteiger partial charge in [-0.2, -0.15) is 0 Å². The van der Waals surface area contributed by atoms with E-state index in [-0.39, 0.29) is 36.9 Å². The standard InChI is InChI=1S/C52H66N8O18/c1-24-20-60-44(45(24)69)49(73)55-19-27(62)17-34(53)46(70)56-41(25(2)61)50(74)59-21-28(63)18-35(59)47(71)57-42(38(66)15-26-11-12-36(64)39(16-26)77-23-40(67)68)48(72)58-43(51(60)75)37(65)13-14-54-52(76)78-22-33-31-9-5-3-7-29(31)30-8-4-6-10-32(30)33/h3-12,16,24-25,27-28,33-35,37-38,41-45,61-66,69H,13-15,17-23,53H2,1-2H3,(H,54,76)(H,55,73)(H,56,70)(H,57,71)(H,58,72)(H,67,68)/t24-,25+,27+,28+,34?,35-,37+,38+,41-,42-,43-,44-,45-/m0/s1. The molecular formula is C52H66N8O18. The molecule has 422 valence electrons. The van der Waals surface area contributed by atoms with Crippen LogP contribution in [0.2, 0.25) is 0 Å². The van der Waals surface area contributed by atoms with Gasteiger partial charge in [-0.1, -0.05) is 61.5 Å². The summed E-state index contributed by atoms with van der Waals surface area (Å²) < 4.78 is 10.8. The van der Waals surface area contributed by atoms with E-state index in [1.165, 1.54) is 13.0 Å². The maximum absolute atomic E-state index is 14.9. The number of carbonyl (C=O) groups is 8. The Morgan fingerprint density at radius 3 is 2.05 bits per heavy atom. The summed E-state index contributed by atoms with van der Waals surface area (Å²) in [5.41, 5.74) is 10.0. The zero-order valence-corrected chi connectivity index (χ0v) is 42.6. The Hall–Kier alpha value is -7.46. The van der Waals surface area contributed by atoms with Gasteiger partial charge in [-0.25, -0.2) is 9.59 Å². The lowest BCUT2D eigenvalue weighted by atomic mass is 9.98. The van der Waals surface area contributed by atoms with Crippen LogP contribution >= 0.6 is 0 Å². The highest BCUT2D eigenvalue weighted by molar-refractivity contribution is 5.98. The molecule has 0 bridgehead atoms. The maximum Gasteiger partial charge on any atom is 0.407 e. The molecule has 15 N–H and O–H groups in total. The number of fused-ring (bicyclic) bond motifs is 5. The molecule has 13 atom stereocenters. The highest BCUT2D eigenvalue weighted by atomic mass is 16.5. The van der Waals surface area contributed by atoms with Crippen LogP contribution in [-0.2, 0) is 44.7 Å². The number of amides is 7. The lowest BCUT2D eigenvalue weighted by Crippen LogP contribution is -2.64. The van der Waals surface area contributed by atoms with Crippen molar-refractivity contribution < 1.29 is 88.7 Å². The van der Waals surface area contributed by atoms with Gasteiger partial charge in [0.2, 0.25) is 35.4 Å². The maximum atomic E-state index is 14.9. The molecule has 7 rings (SSSR count). The van der Waals surface area contributed by atoms with Gasteiger partial charge < -0.3 is 92.4 Å². The minimum Gasteiger partial charge on any atom is -0.504 e. The fourth-order valence-corrected chi connectivity index (χ4v) is 10.3. The van der Waals surface area contributed by atoms with Crippen molar-refractivity contribution in [2.45, 2.75) is 118 Å². The number of carboxylic acids is 1. The highest BCUT2D eigenvalue weighted by Gasteiger charge is 2.50. The van der Waals surface area contributed by atoms with E-state index in [1.807, 2.05) is 48.5 Å². The number of hydrogen-bond donors (Lipinski definition) is 14. The van der Waals surface area contributed by atoms with Crippen LogP contribution in [0.4, 0.5) is 4.79 Å². The van der Waals surface area contributed by atoms with Crippen molar-refractivity contribution in [3.63, 3.8) is 0 Å². The number of ether oxygens (including phenoxy) is 2. The summed E-state index contributed by atoms with van der Waals surface area (Å²) in [6.45, 7) is -0.128. The number of aliphatic hydroxyl groups is 6. The Balaban J connectivity index is 1.20. The van der Waals surface area contributed by atoms with Crippen molar-refractivity contribution in [2.75, 3.05) is 39.4 Å². The van der Waals surface area contributed by atoms with Crippen LogP contribution < -0.4 is 37.1 Å². The van der Waals surface area contributed by atoms with Crippen molar-refractivity contribution in [3.8, 4) is 22.6 Å². The number of phenols is 1. The van der Waals surface area contributed by atoms with Crippen molar-refractivity contribution in [1.82, 2.24) is 36.4 Å². The van der Waals surface area contributed by atoms with Gasteiger partial charge in [0.1, 0.15) is 36.8 Å². The van der Waals surface area contributed by atoms with Gasteiger partial charge in [-0.15, -0.1) is 0 Å². The van der Waals surface area contributed by atoms with Gasteiger partial charge >= 0.3 is 12.1 Å². The largest absolute Gasteiger partial charge is 0.504 e. The summed E-state index contributed by atoms with van der Waals surface area (Å²) in [5, 5.41) is 99.2. The Kier molecular flexibility index (Phi) is 18.9. The number of rotatable bonds is 13. The van der Waals surface area contributed by atoms with Gasteiger partial charge in [0.25, 0.3) is 0 Å². The third-order valence-electron chi connectivity index (χ3n) is 14.4. The number of aliphatic hydroxyl groups excluding tert-OH is 6. The van der Waals surface area contributed by atoms with Crippen molar-refractivity contribution >= 4 is 47.5 Å². The molecular weight excluding hydrogens is 1020 g/mol. The van der Waals surface area contributed by atoms with Crippen LogP contribution in [0, 0.1) is 5.92 Å². The highest BCUT2D eigenvalue weighted by Crippen LogP contribution is 2.44. The molecule has 78 heavy (non-hydrogen) atoms. The third kappa shape index (κ3) is 13.4.